The molecule has 4 aliphatic heterocycles. The Morgan fingerprint density at radius 1 is 0.968 bits per heavy atom. The van der Waals surface area contributed by atoms with E-state index in [4.69, 9.17) is 19.4 Å². The highest BCUT2D eigenvalue weighted by Gasteiger charge is 2.46. The van der Waals surface area contributed by atoms with Crippen LogP contribution in [0.4, 0.5) is 13.2 Å². The maximum atomic E-state index is 12.6. The van der Waals surface area contributed by atoms with Crippen molar-refractivity contribution in [1.29, 1.82) is 0 Å². The number of piperidine rings is 1. The molecule has 7 nitrogen and oxygen atoms in total. The van der Waals surface area contributed by atoms with Crippen molar-refractivity contribution in [3.63, 3.8) is 0 Å². The molecule has 0 aromatic carbocycles. The number of carbonyl (C=O) groups is 2. The van der Waals surface area contributed by atoms with Gasteiger partial charge < -0.3 is 24.4 Å². The van der Waals surface area contributed by atoms with Crippen molar-refractivity contribution in [2.75, 3.05) is 45.9 Å². The van der Waals surface area contributed by atoms with Crippen LogP contribution in [-0.2, 0) is 19.1 Å². The Labute approximate surface area is 180 Å². The lowest BCUT2D eigenvalue weighted by atomic mass is 9.87. The van der Waals surface area contributed by atoms with Gasteiger partial charge in [-0.05, 0) is 57.3 Å². The predicted octanol–water partition coefficient (Wildman–Crippen LogP) is 2.68. The number of carboxylic acids is 1. The molecule has 0 bridgehead atoms. The summed E-state index contributed by atoms with van der Waals surface area (Å²) in [5.74, 6) is -1.69. The van der Waals surface area contributed by atoms with Gasteiger partial charge in [0.1, 0.15) is 6.10 Å². The Bertz CT molecular complexity index is 611. The Balaban J connectivity index is 0.000000339. The number of aliphatic carboxylic acids is 1. The van der Waals surface area contributed by atoms with Crippen LogP contribution in [0, 0.1) is 5.92 Å². The number of hydrogen-bond donors (Lipinski definition) is 1. The first-order chi connectivity index (χ1) is 14.7. The molecule has 178 valence electrons. The zero-order valence-electron chi connectivity index (χ0n) is 17.9. The second-order valence-electron chi connectivity index (χ2n) is 9.02. The summed E-state index contributed by atoms with van der Waals surface area (Å²) in [5, 5.41) is 7.12. The van der Waals surface area contributed by atoms with Gasteiger partial charge in [0.15, 0.2) is 0 Å². The zero-order valence-corrected chi connectivity index (χ0v) is 17.9. The van der Waals surface area contributed by atoms with Gasteiger partial charge in [0, 0.05) is 45.9 Å². The van der Waals surface area contributed by atoms with Crippen molar-refractivity contribution >= 4 is 11.9 Å². The smallest absolute Gasteiger partial charge is 0.475 e. The highest BCUT2D eigenvalue weighted by molar-refractivity contribution is 5.81. The quantitative estimate of drug-likeness (QED) is 0.712. The Kier molecular flexibility index (Phi) is 8.20. The number of amides is 1. The lowest BCUT2D eigenvalue weighted by molar-refractivity contribution is -0.192. The monoisotopic (exact) mass is 450 g/mol. The van der Waals surface area contributed by atoms with Gasteiger partial charge >= 0.3 is 12.1 Å². The van der Waals surface area contributed by atoms with Crippen LogP contribution in [0.5, 0.6) is 0 Å². The van der Waals surface area contributed by atoms with Gasteiger partial charge in [-0.3, -0.25) is 4.79 Å². The molecule has 4 fully saturated rings. The second-order valence-corrected chi connectivity index (χ2v) is 9.02. The minimum atomic E-state index is -5.08. The summed E-state index contributed by atoms with van der Waals surface area (Å²) in [6.45, 7) is 7.21. The van der Waals surface area contributed by atoms with E-state index in [9.17, 15) is 18.0 Å². The molecule has 4 saturated heterocycles. The molecular weight excluding hydrogens is 417 g/mol. The minimum Gasteiger partial charge on any atom is -0.475 e. The fourth-order valence-corrected chi connectivity index (χ4v) is 4.93. The number of rotatable bonds is 3. The third-order valence-electron chi connectivity index (χ3n) is 6.81. The summed E-state index contributed by atoms with van der Waals surface area (Å²) in [4.78, 5) is 26.1. The molecule has 1 amide bonds. The van der Waals surface area contributed by atoms with E-state index in [0.29, 0.717) is 0 Å². The lowest BCUT2D eigenvalue weighted by Crippen LogP contribution is -2.47. The molecule has 10 heteroatoms. The van der Waals surface area contributed by atoms with Crippen molar-refractivity contribution < 1.29 is 37.3 Å². The molecule has 0 aromatic heterocycles. The Hall–Kier alpha value is -1.39. The first kappa shape index (κ1) is 24.3. The fraction of sp³-hybridized carbons (Fsp3) is 0.905. The maximum absolute atomic E-state index is 12.6. The van der Waals surface area contributed by atoms with Crippen LogP contribution < -0.4 is 0 Å². The average molecular weight is 450 g/mol. The van der Waals surface area contributed by atoms with Crippen LogP contribution in [0.3, 0.4) is 0 Å². The standard InChI is InChI=1S/C19H32N2O3.C2HF3O2/c22-18(21-9-1-2-10-21)17-3-6-19(24-17)7-11-20(12-8-19)15-16-4-13-23-14-5-16;3-2(4,5)1(6)7/h16-17H,1-15H2;(H,6,7). The van der Waals surface area contributed by atoms with Crippen LogP contribution in [0.25, 0.3) is 0 Å². The molecule has 1 spiro atoms. The molecule has 31 heavy (non-hydrogen) atoms. The second kappa shape index (κ2) is 10.5. The van der Waals surface area contributed by atoms with E-state index in [0.717, 1.165) is 83.8 Å². The van der Waals surface area contributed by atoms with E-state index in [1.807, 2.05) is 4.90 Å². The number of ether oxygens (including phenoxy) is 2. The third-order valence-corrected chi connectivity index (χ3v) is 6.81. The van der Waals surface area contributed by atoms with Crippen LogP contribution in [0.2, 0.25) is 0 Å². The molecule has 0 aromatic rings. The van der Waals surface area contributed by atoms with Gasteiger partial charge in [0.2, 0.25) is 0 Å². The molecule has 1 atom stereocenters. The van der Waals surface area contributed by atoms with Gasteiger partial charge in [-0.15, -0.1) is 0 Å². The molecule has 0 radical (unpaired) electrons. The van der Waals surface area contributed by atoms with Gasteiger partial charge in [-0.2, -0.15) is 13.2 Å². The van der Waals surface area contributed by atoms with Gasteiger partial charge in [0.05, 0.1) is 5.60 Å². The van der Waals surface area contributed by atoms with Crippen molar-refractivity contribution in [2.24, 2.45) is 5.92 Å². The molecule has 4 heterocycles. The number of nitrogens with zero attached hydrogens (tertiary/aromatic N) is 2. The number of halogens is 3. The SMILES string of the molecule is O=C(C1CCC2(CCN(CC3CCOCC3)CC2)O1)N1CCCC1.O=C(O)C(F)(F)F. The van der Waals surface area contributed by atoms with Crippen LogP contribution in [-0.4, -0.2) is 90.6 Å². The number of carbonyl (C=O) groups excluding carboxylic acids is 1. The van der Waals surface area contributed by atoms with Gasteiger partial charge in [0.25, 0.3) is 5.91 Å². The Morgan fingerprint density at radius 2 is 1.55 bits per heavy atom. The summed E-state index contributed by atoms with van der Waals surface area (Å²) in [5.41, 5.74) is -0.00771. The zero-order chi connectivity index (χ0) is 22.5. The molecule has 4 rings (SSSR count). The minimum absolute atomic E-state index is 0.00771. The van der Waals surface area contributed by atoms with Crippen molar-refractivity contribution in [3.05, 3.63) is 0 Å². The first-order valence-corrected chi connectivity index (χ1v) is 11.3. The van der Waals surface area contributed by atoms with Crippen molar-refractivity contribution in [3.8, 4) is 0 Å². The highest BCUT2D eigenvalue weighted by Crippen LogP contribution is 2.40. The largest absolute Gasteiger partial charge is 0.490 e. The summed E-state index contributed by atoms with van der Waals surface area (Å²) in [6.07, 6.45) is 3.69. The van der Waals surface area contributed by atoms with E-state index in [-0.39, 0.29) is 17.6 Å². The van der Waals surface area contributed by atoms with Crippen LogP contribution in [0.15, 0.2) is 0 Å². The highest BCUT2D eigenvalue weighted by atomic mass is 19.4. The number of alkyl halides is 3. The van der Waals surface area contributed by atoms with Gasteiger partial charge in [-0.25, -0.2) is 4.79 Å². The van der Waals surface area contributed by atoms with Crippen molar-refractivity contribution in [1.82, 2.24) is 9.80 Å². The van der Waals surface area contributed by atoms with Crippen LogP contribution >= 0.6 is 0 Å². The van der Waals surface area contributed by atoms with E-state index in [2.05, 4.69) is 4.90 Å². The number of hydrogen-bond acceptors (Lipinski definition) is 5. The molecular formula is C21H33F3N2O5. The molecule has 0 aliphatic carbocycles. The maximum Gasteiger partial charge on any atom is 0.490 e. The molecule has 4 aliphatic rings. The van der Waals surface area contributed by atoms with Gasteiger partial charge in [-0.1, -0.05) is 0 Å². The van der Waals surface area contributed by atoms with Crippen LogP contribution in [0.1, 0.15) is 51.4 Å². The fourth-order valence-electron chi connectivity index (χ4n) is 4.93. The average Bonchev–Trinajstić information content (AvgIpc) is 3.41. The molecule has 1 N–H and O–H groups in total. The number of likely N-dealkylation sites (tertiary alicyclic amines) is 2. The lowest BCUT2D eigenvalue weighted by Gasteiger charge is -2.40. The normalized spacial score (nSPS) is 27.2. The molecule has 0 saturated carbocycles. The van der Waals surface area contributed by atoms with Crippen molar-refractivity contribution in [2.45, 2.75) is 69.2 Å². The predicted molar refractivity (Wildman–Crippen MR) is 106 cm³/mol. The van der Waals surface area contributed by atoms with E-state index in [1.165, 1.54) is 19.4 Å². The number of carboxylic acid groups (broad SMARTS) is 1. The summed E-state index contributed by atoms with van der Waals surface area (Å²) in [7, 11) is 0. The summed E-state index contributed by atoms with van der Waals surface area (Å²) < 4.78 is 43.6. The molecule has 1 unspecified atom stereocenters. The van der Waals surface area contributed by atoms with E-state index >= 15 is 0 Å². The Morgan fingerprint density at radius 3 is 2.10 bits per heavy atom. The topological polar surface area (TPSA) is 79.3 Å². The third kappa shape index (κ3) is 6.79. The van der Waals surface area contributed by atoms with E-state index in [1.54, 1.807) is 0 Å². The van der Waals surface area contributed by atoms with E-state index < -0.39 is 12.1 Å². The summed E-state index contributed by atoms with van der Waals surface area (Å²) in [6, 6.07) is 0. The summed E-state index contributed by atoms with van der Waals surface area (Å²) >= 11 is 0. The first-order valence-electron chi connectivity index (χ1n) is 11.3.